The van der Waals surface area contributed by atoms with Crippen molar-refractivity contribution in [1.82, 2.24) is 4.57 Å². The van der Waals surface area contributed by atoms with Crippen molar-refractivity contribution in [2.75, 3.05) is 7.11 Å². The van der Waals surface area contributed by atoms with Crippen molar-refractivity contribution >= 4 is 39.3 Å². The number of nitriles is 1. The van der Waals surface area contributed by atoms with Crippen molar-refractivity contribution in [2.45, 2.75) is 39.5 Å². The van der Waals surface area contributed by atoms with Crippen LogP contribution in [0.25, 0.3) is 6.08 Å². The summed E-state index contributed by atoms with van der Waals surface area (Å²) in [6, 6.07) is 21.6. The van der Waals surface area contributed by atoms with Crippen LogP contribution in [-0.2, 0) is 16.1 Å². The molecule has 4 aromatic rings. The van der Waals surface area contributed by atoms with Gasteiger partial charge in [0.1, 0.15) is 18.1 Å². The number of nitrogens with zero attached hydrogens (tertiary/aromatic N) is 3. The van der Waals surface area contributed by atoms with E-state index in [1.165, 1.54) is 11.3 Å². The number of benzene rings is 3. The lowest BCUT2D eigenvalue weighted by Crippen LogP contribution is -2.40. The highest BCUT2D eigenvalue weighted by molar-refractivity contribution is 9.10. The molecule has 0 spiro atoms. The molecule has 1 aromatic heterocycles. The third kappa shape index (κ3) is 6.33. The Hall–Kier alpha value is -4.46. The highest BCUT2D eigenvalue weighted by Gasteiger charge is 2.33. The SMILES string of the molecule is COc1ccc(C2C(C(=O)OC(C)C)=C(C)N=c3sc(=Cc4ccc(OCc5ccccc5C#N)c(Br)c4)c(=O)n32)cc1. The molecule has 0 saturated carbocycles. The Labute approximate surface area is 260 Å². The number of rotatable bonds is 8. The van der Waals surface area contributed by atoms with Crippen LogP contribution in [0, 0.1) is 11.3 Å². The minimum absolute atomic E-state index is 0.243. The quantitative estimate of drug-likeness (QED) is 0.235. The first kappa shape index (κ1) is 30.0. The van der Waals surface area contributed by atoms with Crippen LogP contribution in [0.5, 0.6) is 11.5 Å². The Bertz CT molecular complexity index is 1950. The predicted octanol–water partition coefficient (Wildman–Crippen LogP) is 5.41. The molecule has 0 amide bonds. The van der Waals surface area contributed by atoms with E-state index in [1.54, 1.807) is 56.7 Å². The second kappa shape index (κ2) is 12.8. The monoisotopic (exact) mass is 657 g/mol. The number of halogens is 1. The molecule has 218 valence electrons. The lowest BCUT2D eigenvalue weighted by atomic mass is 9.96. The highest BCUT2D eigenvalue weighted by atomic mass is 79.9. The third-order valence-electron chi connectivity index (χ3n) is 6.79. The van der Waals surface area contributed by atoms with Gasteiger partial charge in [0.15, 0.2) is 4.80 Å². The number of carbonyl (C=O) groups excluding carboxylic acids is 1. The van der Waals surface area contributed by atoms with E-state index >= 15 is 0 Å². The van der Waals surface area contributed by atoms with E-state index in [0.29, 0.717) is 42.1 Å². The number of aromatic nitrogens is 1. The lowest BCUT2D eigenvalue weighted by molar-refractivity contribution is -0.143. The third-order valence-corrected chi connectivity index (χ3v) is 8.39. The van der Waals surface area contributed by atoms with Gasteiger partial charge in [-0.2, -0.15) is 5.26 Å². The van der Waals surface area contributed by atoms with Gasteiger partial charge in [0.05, 0.1) is 51.2 Å². The summed E-state index contributed by atoms with van der Waals surface area (Å²) in [5.74, 6) is 0.758. The van der Waals surface area contributed by atoms with Crippen molar-refractivity contribution in [3.05, 3.63) is 124 Å². The van der Waals surface area contributed by atoms with Gasteiger partial charge in [-0.05, 0) is 84.2 Å². The van der Waals surface area contributed by atoms with E-state index in [0.717, 1.165) is 16.7 Å². The van der Waals surface area contributed by atoms with Gasteiger partial charge in [0, 0.05) is 5.56 Å². The number of ether oxygens (including phenoxy) is 3. The van der Waals surface area contributed by atoms with E-state index in [9.17, 15) is 14.9 Å². The molecule has 0 N–H and O–H groups in total. The van der Waals surface area contributed by atoms with E-state index < -0.39 is 12.0 Å². The van der Waals surface area contributed by atoms with Crippen LogP contribution in [0.4, 0.5) is 0 Å². The summed E-state index contributed by atoms with van der Waals surface area (Å²) in [6.07, 6.45) is 1.46. The number of hydrogen-bond donors (Lipinski definition) is 0. The van der Waals surface area contributed by atoms with E-state index in [4.69, 9.17) is 14.2 Å². The van der Waals surface area contributed by atoms with Crippen LogP contribution in [0.2, 0.25) is 0 Å². The Morgan fingerprint density at radius 3 is 2.58 bits per heavy atom. The van der Waals surface area contributed by atoms with Gasteiger partial charge in [0.2, 0.25) is 0 Å². The number of hydrogen-bond acceptors (Lipinski definition) is 8. The second-order valence-corrected chi connectivity index (χ2v) is 11.9. The van der Waals surface area contributed by atoms with E-state index in [-0.39, 0.29) is 18.3 Å². The zero-order valence-electron chi connectivity index (χ0n) is 24.0. The molecule has 1 aliphatic rings. The largest absolute Gasteiger partial charge is 0.497 e. The van der Waals surface area contributed by atoms with Crippen LogP contribution >= 0.6 is 27.3 Å². The fourth-order valence-electron chi connectivity index (χ4n) is 4.75. The smallest absolute Gasteiger partial charge is 0.338 e. The first-order valence-electron chi connectivity index (χ1n) is 13.5. The zero-order chi connectivity index (χ0) is 30.7. The molecule has 1 unspecified atom stereocenters. The van der Waals surface area contributed by atoms with Crippen molar-refractivity contribution in [3.63, 3.8) is 0 Å². The van der Waals surface area contributed by atoms with E-state index in [2.05, 4.69) is 27.0 Å². The van der Waals surface area contributed by atoms with Gasteiger partial charge in [-0.15, -0.1) is 0 Å². The first-order valence-corrected chi connectivity index (χ1v) is 15.1. The Kier molecular flexibility index (Phi) is 8.94. The van der Waals surface area contributed by atoms with Gasteiger partial charge < -0.3 is 14.2 Å². The fraction of sp³-hybridized carbons (Fsp3) is 0.212. The molecule has 0 aliphatic carbocycles. The minimum Gasteiger partial charge on any atom is -0.497 e. The average molecular weight is 659 g/mol. The molecule has 2 heterocycles. The highest BCUT2D eigenvalue weighted by Crippen LogP contribution is 2.32. The summed E-state index contributed by atoms with van der Waals surface area (Å²) in [5, 5.41) is 9.34. The topological polar surface area (TPSA) is 103 Å². The number of esters is 1. The van der Waals surface area contributed by atoms with Crippen molar-refractivity contribution in [2.24, 2.45) is 4.99 Å². The Balaban J connectivity index is 1.52. The van der Waals surface area contributed by atoms with Crippen molar-refractivity contribution < 1.29 is 19.0 Å². The number of thiazole rings is 1. The maximum atomic E-state index is 13.9. The Morgan fingerprint density at radius 2 is 1.91 bits per heavy atom. The standard InChI is InChI=1S/C33H28BrN3O5S/c1-19(2)42-32(39)29-20(3)36-33-37(30(29)22-10-12-25(40-4)13-11-22)31(38)28(43-33)16-21-9-14-27(26(34)15-21)41-18-24-8-6-5-7-23(24)17-35/h5-16,19,30H,18H2,1-4H3. The van der Waals surface area contributed by atoms with Gasteiger partial charge in [0.25, 0.3) is 5.56 Å². The molecule has 5 rings (SSSR count). The van der Waals surface area contributed by atoms with Crippen LogP contribution in [0.1, 0.15) is 49.1 Å². The Morgan fingerprint density at radius 1 is 1.16 bits per heavy atom. The van der Waals surface area contributed by atoms with Crippen LogP contribution in [-0.4, -0.2) is 23.8 Å². The lowest BCUT2D eigenvalue weighted by Gasteiger charge is -2.25. The molecule has 43 heavy (non-hydrogen) atoms. The molecule has 1 atom stereocenters. The molecular weight excluding hydrogens is 630 g/mol. The maximum absolute atomic E-state index is 13.9. The summed E-state index contributed by atoms with van der Waals surface area (Å²) in [5.41, 5.74) is 3.42. The molecule has 0 radical (unpaired) electrons. The molecule has 3 aromatic carbocycles. The molecule has 0 saturated heterocycles. The molecule has 0 fully saturated rings. The molecule has 8 nitrogen and oxygen atoms in total. The van der Waals surface area contributed by atoms with Gasteiger partial charge in [-0.3, -0.25) is 9.36 Å². The molecule has 1 aliphatic heterocycles. The summed E-state index contributed by atoms with van der Waals surface area (Å²) in [7, 11) is 1.58. The van der Waals surface area contributed by atoms with Crippen molar-refractivity contribution in [3.8, 4) is 17.6 Å². The van der Waals surface area contributed by atoms with E-state index in [1.807, 2.05) is 48.5 Å². The second-order valence-electron chi connectivity index (χ2n) is 10.1. The van der Waals surface area contributed by atoms with Gasteiger partial charge in [-0.1, -0.05) is 47.7 Å². The maximum Gasteiger partial charge on any atom is 0.338 e. The summed E-state index contributed by atoms with van der Waals surface area (Å²) in [4.78, 5) is 32.3. The number of methoxy groups -OCH3 is 1. The fourth-order valence-corrected chi connectivity index (χ4v) is 6.31. The van der Waals surface area contributed by atoms with Crippen LogP contribution in [0.15, 0.2) is 92.3 Å². The normalized spacial score (nSPS) is 14.6. The molecule has 10 heteroatoms. The summed E-state index contributed by atoms with van der Waals surface area (Å²) in [6.45, 7) is 5.57. The minimum atomic E-state index is -0.714. The first-order chi connectivity index (χ1) is 20.7. The van der Waals surface area contributed by atoms with Crippen LogP contribution in [0.3, 0.4) is 0 Å². The van der Waals surface area contributed by atoms with Crippen molar-refractivity contribution in [1.29, 1.82) is 5.26 Å². The summed E-state index contributed by atoms with van der Waals surface area (Å²) < 4.78 is 19.6. The molecular formula is C33H28BrN3O5S. The number of allylic oxidation sites excluding steroid dienone is 1. The zero-order valence-corrected chi connectivity index (χ0v) is 26.4. The summed E-state index contributed by atoms with van der Waals surface area (Å²) >= 11 is 4.83. The predicted molar refractivity (Wildman–Crippen MR) is 168 cm³/mol. The van der Waals surface area contributed by atoms with Crippen LogP contribution < -0.4 is 24.4 Å². The van der Waals surface area contributed by atoms with Gasteiger partial charge in [-0.25, -0.2) is 9.79 Å². The number of carbonyl (C=O) groups is 1. The number of fused-ring (bicyclic) bond motifs is 1. The average Bonchev–Trinajstić information content (AvgIpc) is 3.29. The molecule has 0 bridgehead atoms. The van der Waals surface area contributed by atoms with Gasteiger partial charge >= 0.3 is 5.97 Å².